The van der Waals surface area contributed by atoms with Gasteiger partial charge in [-0.05, 0) is 59.7 Å². The highest BCUT2D eigenvalue weighted by molar-refractivity contribution is 5.98. The van der Waals surface area contributed by atoms with Gasteiger partial charge in [0.1, 0.15) is 29.7 Å². The third kappa shape index (κ3) is 5.57. The second-order valence-electron chi connectivity index (χ2n) is 9.62. The van der Waals surface area contributed by atoms with Crippen LogP contribution in [0.3, 0.4) is 0 Å². The molecule has 0 fully saturated rings. The van der Waals surface area contributed by atoms with E-state index in [4.69, 9.17) is 14.2 Å². The van der Waals surface area contributed by atoms with Gasteiger partial charge < -0.3 is 24.4 Å². The van der Waals surface area contributed by atoms with Gasteiger partial charge in [-0.2, -0.15) is 0 Å². The third-order valence-electron chi connectivity index (χ3n) is 6.92. The van der Waals surface area contributed by atoms with Crippen molar-refractivity contribution in [2.45, 2.75) is 19.1 Å². The van der Waals surface area contributed by atoms with Crippen molar-refractivity contribution in [3.63, 3.8) is 0 Å². The van der Waals surface area contributed by atoms with E-state index in [9.17, 15) is 14.0 Å². The van der Waals surface area contributed by atoms with Crippen molar-refractivity contribution in [1.82, 2.24) is 19.9 Å². The first-order valence-corrected chi connectivity index (χ1v) is 13.1. The van der Waals surface area contributed by atoms with Crippen molar-refractivity contribution in [2.24, 2.45) is 0 Å². The molecule has 212 valence electrons. The summed E-state index contributed by atoms with van der Waals surface area (Å²) in [6, 6.07) is 24.0. The van der Waals surface area contributed by atoms with Crippen LogP contribution < -0.4 is 19.5 Å². The van der Waals surface area contributed by atoms with Gasteiger partial charge in [0.2, 0.25) is 12.7 Å². The fraction of sp³-hybridized carbons (Fsp3) is 0.161. The van der Waals surface area contributed by atoms with Crippen LogP contribution in [0.2, 0.25) is 0 Å². The predicted molar refractivity (Wildman–Crippen MR) is 151 cm³/mol. The van der Waals surface area contributed by atoms with Gasteiger partial charge in [-0.3, -0.25) is 9.59 Å². The van der Waals surface area contributed by atoms with E-state index in [1.165, 1.54) is 21.7 Å². The lowest BCUT2D eigenvalue weighted by Crippen LogP contribution is -2.42. The molecule has 0 saturated heterocycles. The van der Waals surface area contributed by atoms with E-state index >= 15 is 0 Å². The largest absolute Gasteiger partial charge is 0.497 e. The Balaban J connectivity index is 1.39. The van der Waals surface area contributed by atoms with Gasteiger partial charge >= 0.3 is 0 Å². The van der Waals surface area contributed by atoms with E-state index in [0.717, 1.165) is 0 Å². The summed E-state index contributed by atoms with van der Waals surface area (Å²) in [5.41, 5.74) is 2.98. The molecule has 2 amide bonds. The van der Waals surface area contributed by atoms with Crippen LogP contribution in [0, 0.1) is 5.82 Å². The molecule has 1 aliphatic rings. The molecule has 1 unspecified atom stereocenters. The average Bonchev–Trinajstić information content (AvgIpc) is 3.65. The van der Waals surface area contributed by atoms with Crippen LogP contribution >= 0.6 is 0 Å². The summed E-state index contributed by atoms with van der Waals surface area (Å²) in [7, 11) is 1.55. The molecule has 0 aliphatic carbocycles. The van der Waals surface area contributed by atoms with Crippen LogP contribution in [0.15, 0.2) is 91.0 Å². The zero-order valence-electron chi connectivity index (χ0n) is 22.6. The first kappa shape index (κ1) is 26.8. The summed E-state index contributed by atoms with van der Waals surface area (Å²) in [4.78, 5) is 29.6. The fourth-order valence-electron chi connectivity index (χ4n) is 4.81. The number of para-hydroxylation sites is 1. The normalized spacial score (nSPS) is 12.6. The lowest BCUT2D eigenvalue weighted by Gasteiger charge is -2.32. The first-order chi connectivity index (χ1) is 20.5. The molecule has 0 spiro atoms. The molecule has 1 aromatic heterocycles. The number of carbonyl (C=O) groups excluding carboxylic acids is 2. The molecule has 10 nitrogen and oxygen atoms in total. The van der Waals surface area contributed by atoms with Crippen molar-refractivity contribution in [2.75, 3.05) is 19.2 Å². The van der Waals surface area contributed by atoms with E-state index in [1.807, 2.05) is 18.2 Å². The number of hydrogen-bond donors (Lipinski definition) is 1. The number of halogens is 1. The van der Waals surface area contributed by atoms with Gasteiger partial charge in [-0.25, -0.2) is 9.07 Å². The molecule has 4 aromatic carbocycles. The Hall–Kier alpha value is -5.45. The molecule has 6 rings (SSSR count). The number of fused-ring (bicyclic) bond motifs is 2. The molecule has 11 heteroatoms. The summed E-state index contributed by atoms with van der Waals surface area (Å²) in [5, 5.41) is 11.2. The van der Waals surface area contributed by atoms with E-state index in [1.54, 1.807) is 67.8 Å². The minimum Gasteiger partial charge on any atom is -0.497 e. The zero-order chi connectivity index (χ0) is 29.1. The fourth-order valence-corrected chi connectivity index (χ4v) is 4.81. The van der Waals surface area contributed by atoms with Crippen LogP contribution in [0.25, 0.3) is 11.0 Å². The second kappa shape index (κ2) is 11.6. The molecule has 0 bridgehead atoms. The van der Waals surface area contributed by atoms with Crippen molar-refractivity contribution in [3.8, 4) is 17.2 Å². The van der Waals surface area contributed by atoms with Gasteiger partial charge in [0.05, 0.1) is 12.6 Å². The molecule has 1 atom stereocenters. The minimum absolute atomic E-state index is 0.0248. The van der Waals surface area contributed by atoms with Gasteiger partial charge in [0, 0.05) is 18.3 Å². The maximum absolute atomic E-state index is 14.1. The van der Waals surface area contributed by atoms with E-state index in [0.29, 0.717) is 45.1 Å². The number of nitrogens with one attached hydrogen (secondary N) is 1. The highest BCUT2D eigenvalue weighted by atomic mass is 19.1. The minimum atomic E-state index is -1.08. The lowest BCUT2D eigenvalue weighted by atomic mass is 10.0. The molecule has 1 N–H and O–H groups in total. The topological polar surface area (TPSA) is 108 Å². The Bertz CT molecular complexity index is 1740. The van der Waals surface area contributed by atoms with Gasteiger partial charge in [-0.15, -0.1) is 5.10 Å². The van der Waals surface area contributed by atoms with Gasteiger partial charge in [0.25, 0.3) is 5.91 Å². The van der Waals surface area contributed by atoms with E-state index < -0.39 is 23.7 Å². The number of anilines is 1. The smallest absolute Gasteiger partial charge is 0.251 e. The molecular formula is C31H26FN5O5. The molecule has 1 aliphatic heterocycles. The summed E-state index contributed by atoms with van der Waals surface area (Å²) in [6.07, 6.45) is 0. The molecule has 0 saturated carbocycles. The number of hydrogen-bond acceptors (Lipinski definition) is 7. The Morgan fingerprint density at radius 1 is 1.00 bits per heavy atom. The Morgan fingerprint density at radius 3 is 2.55 bits per heavy atom. The number of aromatic nitrogens is 3. The van der Waals surface area contributed by atoms with Crippen LogP contribution in [0.1, 0.15) is 17.2 Å². The van der Waals surface area contributed by atoms with Crippen LogP contribution in [0.4, 0.5) is 10.1 Å². The molecule has 5 aromatic rings. The average molecular weight is 568 g/mol. The Kier molecular flexibility index (Phi) is 7.37. The van der Waals surface area contributed by atoms with Crippen LogP contribution in [-0.2, 0) is 22.7 Å². The van der Waals surface area contributed by atoms with Crippen LogP contribution in [-0.4, -0.2) is 45.6 Å². The van der Waals surface area contributed by atoms with Gasteiger partial charge in [0.15, 0.2) is 11.5 Å². The highest BCUT2D eigenvalue weighted by Crippen LogP contribution is 2.35. The maximum Gasteiger partial charge on any atom is 0.251 e. The van der Waals surface area contributed by atoms with Crippen molar-refractivity contribution >= 4 is 28.5 Å². The zero-order valence-corrected chi connectivity index (χ0v) is 22.6. The summed E-state index contributed by atoms with van der Waals surface area (Å²) < 4.78 is 31.4. The summed E-state index contributed by atoms with van der Waals surface area (Å²) in [5.74, 6) is 0.422. The van der Waals surface area contributed by atoms with Crippen molar-refractivity contribution < 1.29 is 28.2 Å². The van der Waals surface area contributed by atoms with Gasteiger partial charge in [-0.1, -0.05) is 41.6 Å². The van der Waals surface area contributed by atoms with Crippen molar-refractivity contribution in [3.05, 3.63) is 108 Å². The molecule has 2 heterocycles. The summed E-state index contributed by atoms with van der Waals surface area (Å²) >= 11 is 0. The number of amides is 2. The number of ether oxygens (including phenoxy) is 3. The number of rotatable bonds is 9. The third-order valence-corrected chi connectivity index (χ3v) is 6.92. The first-order valence-electron chi connectivity index (χ1n) is 13.1. The van der Waals surface area contributed by atoms with E-state index in [-0.39, 0.29) is 19.9 Å². The SMILES string of the molecule is COc1ccc(C(C(=O)Nc2ccc3c(c2)OCO3)N(Cc2ccc(F)cc2)C(=O)Cn2nnc3ccccc32)cc1. The highest BCUT2D eigenvalue weighted by Gasteiger charge is 2.33. The molecular weight excluding hydrogens is 541 g/mol. The molecule has 0 radical (unpaired) electrons. The monoisotopic (exact) mass is 567 g/mol. The second-order valence-corrected chi connectivity index (χ2v) is 9.62. The van der Waals surface area contributed by atoms with E-state index in [2.05, 4.69) is 15.6 Å². The maximum atomic E-state index is 14.1. The lowest BCUT2D eigenvalue weighted by molar-refractivity contribution is -0.140. The predicted octanol–water partition coefficient (Wildman–Crippen LogP) is 4.72. The van der Waals surface area contributed by atoms with Crippen molar-refractivity contribution in [1.29, 1.82) is 0 Å². The Labute approximate surface area is 240 Å². The number of methoxy groups -OCH3 is 1. The standard InChI is InChI=1S/C31H26FN5O5/c1-40-24-13-8-21(9-14-24)30(31(39)33-23-12-15-27-28(16-23)42-19-41-27)36(17-20-6-10-22(32)11-7-20)29(38)18-37-26-5-3-2-4-25(26)34-35-37/h2-16,30H,17-19H2,1H3,(H,33,39). The summed E-state index contributed by atoms with van der Waals surface area (Å²) in [6.45, 7) is -0.0548. The number of carbonyl (C=O) groups is 2. The molecule has 42 heavy (non-hydrogen) atoms. The Morgan fingerprint density at radius 2 is 1.76 bits per heavy atom. The quantitative estimate of drug-likeness (QED) is 0.275. The van der Waals surface area contributed by atoms with Crippen LogP contribution in [0.5, 0.6) is 17.2 Å². The number of benzene rings is 4. The number of nitrogens with zero attached hydrogens (tertiary/aromatic N) is 4.